The van der Waals surface area contributed by atoms with Gasteiger partial charge in [-0.1, -0.05) is 11.8 Å². The molecule has 0 radical (unpaired) electrons. The lowest BCUT2D eigenvalue weighted by atomic mass is 9.98. The Bertz CT molecular complexity index is 623. The number of H-pyrrole nitrogens is 1. The van der Waals surface area contributed by atoms with E-state index in [1.54, 1.807) is 6.26 Å². The van der Waals surface area contributed by atoms with E-state index in [9.17, 15) is 24.9 Å². The molecule has 2 heterocycles. The van der Waals surface area contributed by atoms with Crippen LogP contribution in [-0.4, -0.2) is 80.2 Å². The number of aliphatic hydroxyl groups is 4. The van der Waals surface area contributed by atoms with Crippen LogP contribution in [0.5, 0.6) is 0 Å². The summed E-state index contributed by atoms with van der Waals surface area (Å²) in [6, 6.07) is 0. The molecule has 0 saturated carbocycles. The van der Waals surface area contributed by atoms with E-state index >= 15 is 0 Å². The number of hydrogen-bond donors (Lipinski definition) is 6. The second-order valence-corrected chi connectivity index (χ2v) is 5.64. The van der Waals surface area contributed by atoms with Gasteiger partial charge in [0, 0.05) is 0 Å². The number of aromatic amines is 1. The second-order valence-electron chi connectivity index (χ2n) is 4.85. The van der Waals surface area contributed by atoms with Crippen LogP contribution in [0.4, 0.5) is 5.82 Å². The summed E-state index contributed by atoms with van der Waals surface area (Å²) in [4.78, 5) is 29.3. The Morgan fingerprint density at radius 1 is 1.35 bits per heavy atom. The predicted molar refractivity (Wildman–Crippen MR) is 79.4 cm³/mol. The average molecular weight is 347 g/mol. The van der Waals surface area contributed by atoms with Gasteiger partial charge < -0.3 is 35.5 Å². The molecule has 23 heavy (non-hydrogen) atoms. The van der Waals surface area contributed by atoms with Crippen LogP contribution in [0, 0.1) is 0 Å². The minimum atomic E-state index is -1.58. The van der Waals surface area contributed by atoms with Crippen molar-refractivity contribution >= 4 is 23.9 Å². The number of aldehydes is 1. The SMILES string of the molecule is CSc1nc(N[C@H]2O[C@@H](CO)[C@@H](O)[C@@H](O)[C@H]2O)c(C=O)c(=O)[nH]1. The minimum absolute atomic E-state index is 0.141. The van der Waals surface area contributed by atoms with Gasteiger partial charge in [0.15, 0.2) is 17.7 Å². The number of carbonyl (C=O) groups excluding carboxylic acids is 1. The van der Waals surface area contributed by atoms with Crippen molar-refractivity contribution in [2.75, 3.05) is 18.2 Å². The molecule has 6 N–H and O–H groups in total. The number of aliphatic hydroxyl groups excluding tert-OH is 4. The second kappa shape index (κ2) is 7.38. The lowest BCUT2D eigenvalue weighted by Crippen LogP contribution is -2.60. The monoisotopic (exact) mass is 347 g/mol. The van der Waals surface area contributed by atoms with Gasteiger partial charge in [0.1, 0.15) is 35.8 Å². The Hall–Kier alpha value is -1.50. The normalized spacial score (nSPS) is 30.9. The molecule has 1 fully saturated rings. The lowest BCUT2D eigenvalue weighted by molar-refractivity contribution is -0.221. The smallest absolute Gasteiger partial charge is 0.264 e. The molecule has 1 aliphatic heterocycles. The van der Waals surface area contributed by atoms with Crippen molar-refractivity contribution in [3.63, 3.8) is 0 Å². The molecule has 10 nitrogen and oxygen atoms in total. The highest BCUT2D eigenvalue weighted by molar-refractivity contribution is 7.98. The molecule has 0 aliphatic carbocycles. The summed E-state index contributed by atoms with van der Waals surface area (Å²) in [5.74, 6) is -0.141. The first-order valence-corrected chi connectivity index (χ1v) is 7.86. The first kappa shape index (κ1) is 17.8. The van der Waals surface area contributed by atoms with Crippen molar-refractivity contribution in [1.82, 2.24) is 9.97 Å². The third-order valence-corrected chi connectivity index (χ3v) is 4.00. The molecule has 0 amide bonds. The molecule has 0 spiro atoms. The molecule has 1 aliphatic rings. The van der Waals surface area contributed by atoms with Gasteiger partial charge in [0.2, 0.25) is 0 Å². The van der Waals surface area contributed by atoms with E-state index in [0.29, 0.717) is 6.29 Å². The maximum absolute atomic E-state index is 11.8. The molecule has 2 rings (SSSR count). The maximum Gasteiger partial charge on any atom is 0.264 e. The number of ether oxygens (including phenoxy) is 1. The Balaban J connectivity index is 2.32. The number of hydrogen-bond acceptors (Lipinski definition) is 10. The van der Waals surface area contributed by atoms with Crippen molar-refractivity contribution < 1.29 is 30.0 Å². The van der Waals surface area contributed by atoms with Gasteiger partial charge in [-0.3, -0.25) is 9.59 Å². The summed E-state index contributed by atoms with van der Waals surface area (Å²) in [7, 11) is 0. The summed E-state index contributed by atoms with van der Waals surface area (Å²) >= 11 is 1.13. The first-order chi connectivity index (χ1) is 10.9. The Morgan fingerprint density at radius 3 is 2.61 bits per heavy atom. The van der Waals surface area contributed by atoms with Crippen LogP contribution in [0.2, 0.25) is 0 Å². The van der Waals surface area contributed by atoms with Gasteiger partial charge in [-0.2, -0.15) is 0 Å². The Kier molecular flexibility index (Phi) is 5.73. The van der Waals surface area contributed by atoms with E-state index in [1.807, 2.05) is 0 Å². The van der Waals surface area contributed by atoms with Crippen LogP contribution >= 0.6 is 11.8 Å². The molecule has 0 bridgehead atoms. The van der Waals surface area contributed by atoms with Crippen LogP contribution in [-0.2, 0) is 4.74 Å². The zero-order chi connectivity index (χ0) is 17.1. The summed E-state index contributed by atoms with van der Waals surface area (Å²) in [6.45, 7) is -0.595. The largest absolute Gasteiger partial charge is 0.394 e. The highest BCUT2D eigenvalue weighted by atomic mass is 32.2. The van der Waals surface area contributed by atoms with Crippen LogP contribution in [0.3, 0.4) is 0 Å². The Labute approximate surface area is 134 Å². The predicted octanol–water partition coefficient (Wildman–Crippen LogP) is -2.48. The van der Waals surface area contributed by atoms with E-state index in [2.05, 4.69) is 15.3 Å². The van der Waals surface area contributed by atoms with Gasteiger partial charge >= 0.3 is 0 Å². The third-order valence-electron chi connectivity index (χ3n) is 3.42. The zero-order valence-corrected chi connectivity index (χ0v) is 12.9. The topological polar surface area (TPSA) is 165 Å². The lowest BCUT2D eigenvalue weighted by Gasteiger charge is -2.40. The molecule has 1 aromatic heterocycles. The molecular weight excluding hydrogens is 330 g/mol. The van der Waals surface area contributed by atoms with Crippen molar-refractivity contribution in [3.8, 4) is 0 Å². The van der Waals surface area contributed by atoms with E-state index in [4.69, 9.17) is 9.84 Å². The summed E-state index contributed by atoms with van der Waals surface area (Å²) in [5, 5.41) is 41.3. The molecule has 1 aromatic rings. The van der Waals surface area contributed by atoms with Gasteiger partial charge in [-0.05, 0) is 6.26 Å². The number of anilines is 1. The molecule has 5 atom stereocenters. The fraction of sp³-hybridized carbons (Fsp3) is 0.583. The van der Waals surface area contributed by atoms with Crippen molar-refractivity contribution in [1.29, 1.82) is 0 Å². The van der Waals surface area contributed by atoms with Gasteiger partial charge in [0.25, 0.3) is 5.56 Å². The van der Waals surface area contributed by atoms with E-state index in [0.717, 1.165) is 11.8 Å². The molecular formula is C12H17N3O7S. The van der Waals surface area contributed by atoms with Crippen molar-refractivity contribution in [2.45, 2.75) is 35.8 Å². The fourth-order valence-electron chi connectivity index (χ4n) is 2.13. The van der Waals surface area contributed by atoms with Crippen molar-refractivity contribution in [3.05, 3.63) is 15.9 Å². The van der Waals surface area contributed by atoms with Gasteiger partial charge in [0.05, 0.1) is 6.61 Å². The van der Waals surface area contributed by atoms with Crippen LogP contribution in [0.15, 0.2) is 9.95 Å². The van der Waals surface area contributed by atoms with Gasteiger partial charge in [-0.15, -0.1) is 0 Å². The van der Waals surface area contributed by atoms with Crippen molar-refractivity contribution in [2.24, 2.45) is 0 Å². The zero-order valence-electron chi connectivity index (χ0n) is 12.0. The number of carbonyl (C=O) groups is 1. The molecule has 0 aromatic carbocycles. The number of aromatic nitrogens is 2. The highest BCUT2D eigenvalue weighted by Crippen LogP contribution is 2.23. The van der Waals surface area contributed by atoms with Crippen LogP contribution < -0.4 is 10.9 Å². The highest BCUT2D eigenvalue weighted by Gasteiger charge is 2.43. The summed E-state index contributed by atoms with van der Waals surface area (Å²) in [5.41, 5.74) is -0.980. The molecule has 11 heteroatoms. The summed E-state index contributed by atoms with van der Waals surface area (Å²) in [6.07, 6.45) is -5.10. The van der Waals surface area contributed by atoms with E-state index in [-0.39, 0.29) is 16.5 Å². The number of thioether (sulfide) groups is 1. The number of nitrogens with one attached hydrogen (secondary N) is 2. The Morgan fingerprint density at radius 2 is 2.04 bits per heavy atom. The van der Waals surface area contributed by atoms with E-state index < -0.39 is 42.8 Å². The standard InChI is InChI=1S/C12H17N3O7S/c1-23-12-14-9(4(2-16)10(21)15-12)13-11-8(20)7(19)6(18)5(3-17)22-11/h2,5-8,11,17-20H,3H2,1H3,(H2,13,14,15,21)/t5-,6+,7+,8+,11-/m0/s1. The number of nitrogens with zero attached hydrogens (tertiary/aromatic N) is 1. The molecule has 128 valence electrons. The maximum atomic E-state index is 11.8. The minimum Gasteiger partial charge on any atom is -0.394 e. The quantitative estimate of drug-likeness (QED) is 0.191. The first-order valence-electron chi connectivity index (χ1n) is 6.63. The average Bonchev–Trinajstić information content (AvgIpc) is 2.54. The fourth-order valence-corrected chi connectivity index (χ4v) is 2.51. The molecule has 1 saturated heterocycles. The van der Waals surface area contributed by atoms with Crippen LogP contribution in [0.1, 0.15) is 10.4 Å². The van der Waals surface area contributed by atoms with Gasteiger partial charge in [-0.25, -0.2) is 4.98 Å². The summed E-state index contributed by atoms with van der Waals surface area (Å²) < 4.78 is 5.25. The van der Waals surface area contributed by atoms with E-state index in [1.165, 1.54) is 0 Å². The molecule has 0 unspecified atom stereocenters. The number of rotatable bonds is 5. The van der Waals surface area contributed by atoms with Crippen LogP contribution in [0.25, 0.3) is 0 Å². The third kappa shape index (κ3) is 3.54.